The fourth-order valence-electron chi connectivity index (χ4n) is 4.56. The van der Waals surface area contributed by atoms with Gasteiger partial charge in [-0.1, -0.05) is 12.1 Å². The van der Waals surface area contributed by atoms with Gasteiger partial charge in [-0.25, -0.2) is 0 Å². The number of carbonyl (C=O) groups excluding carboxylic acids is 2. The number of benzene rings is 1. The molecule has 1 aromatic rings. The van der Waals surface area contributed by atoms with Crippen LogP contribution in [0.2, 0.25) is 0 Å². The highest BCUT2D eigenvalue weighted by atomic mass is 16.7. The molecule has 25 heavy (non-hydrogen) atoms. The lowest BCUT2D eigenvalue weighted by molar-refractivity contribution is -0.157. The van der Waals surface area contributed by atoms with Gasteiger partial charge >= 0.3 is 0 Å². The molecule has 1 saturated carbocycles. The number of ketones is 1. The van der Waals surface area contributed by atoms with Crippen LogP contribution >= 0.6 is 0 Å². The predicted molar refractivity (Wildman–Crippen MR) is 94.3 cm³/mol. The van der Waals surface area contributed by atoms with E-state index in [2.05, 4.69) is 17.4 Å². The highest BCUT2D eigenvalue weighted by molar-refractivity contribution is 6.17. The van der Waals surface area contributed by atoms with Gasteiger partial charge in [0.25, 0.3) is 0 Å². The van der Waals surface area contributed by atoms with E-state index in [0.717, 1.165) is 16.7 Å². The van der Waals surface area contributed by atoms with Crippen molar-refractivity contribution in [1.29, 1.82) is 0 Å². The van der Waals surface area contributed by atoms with Crippen molar-refractivity contribution in [2.24, 2.45) is 0 Å². The molecule has 0 radical (unpaired) electrons. The summed E-state index contributed by atoms with van der Waals surface area (Å²) in [5.74, 6) is -0.0912. The number of aryl methyl sites for hydroxylation is 2. The first-order valence-electron chi connectivity index (χ1n) is 9.21. The predicted octanol–water partition coefficient (Wildman–Crippen LogP) is 2.36. The summed E-state index contributed by atoms with van der Waals surface area (Å²) < 4.78 is 0. The third kappa shape index (κ3) is 2.70. The quantitative estimate of drug-likeness (QED) is 0.857. The van der Waals surface area contributed by atoms with E-state index in [1.54, 1.807) is 7.11 Å². The van der Waals surface area contributed by atoms with E-state index in [1.807, 2.05) is 18.9 Å². The topological polar surface area (TPSA) is 58.6 Å². The van der Waals surface area contributed by atoms with Gasteiger partial charge in [-0.3, -0.25) is 9.59 Å². The van der Waals surface area contributed by atoms with Gasteiger partial charge in [-0.05, 0) is 67.7 Å². The fourth-order valence-corrected chi connectivity index (χ4v) is 4.56. The molecule has 3 fully saturated rings. The second-order valence-electron chi connectivity index (χ2n) is 7.82. The SMILES string of the molecule is CON1CCC2(CC1)NC(=O)C(c1c(C)cc(C3CC3)cc1C)C2=O. The molecule has 4 rings (SSSR count). The smallest absolute Gasteiger partial charge is 0.235 e. The largest absolute Gasteiger partial charge is 0.343 e. The molecule has 0 aromatic heterocycles. The van der Waals surface area contributed by atoms with Crippen molar-refractivity contribution in [3.63, 3.8) is 0 Å². The minimum Gasteiger partial charge on any atom is -0.343 e. The van der Waals surface area contributed by atoms with E-state index in [0.29, 0.717) is 31.8 Å². The summed E-state index contributed by atoms with van der Waals surface area (Å²) in [5, 5.41) is 4.89. The zero-order valence-electron chi connectivity index (χ0n) is 15.2. The number of hydrogen-bond donors (Lipinski definition) is 1. The van der Waals surface area contributed by atoms with Crippen LogP contribution in [0.3, 0.4) is 0 Å². The molecule has 2 saturated heterocycles. The van der Waals surface area contributed by atoms with Crippen LogP contribution in [0.25, 0.3) is 0 Å². The second-order valence-corrected chi connectivity index (χ2v) is 7.82. The number of amides is 1. The molecule has 1 amide bonds. The Labute approximate surface area is 148 Å². The highest BCUT2D eigenvalue weighted by Crippen LogP contribution is 2.43. The van der Waals surface area contributed by atoms with E-state index in [9.17, 15) is 9.59 Å². The number of hydroxylamine groups is 2. The molecule has 0 bridgehead atoms. The maximum absolute atomic E-state index is 13.3. The Kier molecular flexibility index (Phi) is 3.96. The molecule has 3 aliphatic rings. The first kappa shape index (κ1) is 16.7. The molecular weight excluding hydrogens is 316 g/mol. The number of hydrogen-bond acceptors (Lipinski definition) is 4. The normalized spacial score (nSPS) is 26.3. The van der Waals surface area contributed by atoms with E-state index in [1.165, 1.54) is 18.4 Å². The molecule has 2 aliphatic heterocycles. The number of nitrogens with one attached hydrogen (secondary N) is 1. The lowest BCUT2D eigenvalue weighted by Gasteiger charge is -2.36. The molecule has 2 heterocycles. The Morgan fingerprint density at radius 2 is 1.72 bits per heavy atom. The summed E-state index contributed by atoms with van der Waals surface area (Å²) >= 11 is 0. The van der Waals surface area contributed by atoms with Crippen molar-refractivity contribution < 1.29 is 14.4 Å². The average Bonchev–Trinajstić information content (AvgIpc) is 3.39. The van der Waals surface area contributed by atoms with Gasteiger partial charge in [0.1, 0.15) is 11.5 Å². The lowest BCUT2D eigenvalue weighted by atomic mass is 9.78. The number of carbonyl (C=O) groups is 2. The van der Waals surface area contributed by atoms with E-state index in [4.69, 9.17) is 4.84 Å². The first-order chi connectivity index (χ1) is 11.9. The van der Waals surface area contributed by atoms with Gasteiger partial charge in [-0.15, -0.1) is 0 Å². The first-order valence-corrected chi connectivity index (χ1v) is 9.21. The average molecular weight is 342 g/mol. The summed E-state index contributed by atoms with van der Waals surface area (Å²) in [6.07, 6.45) is 3.72. The highest BCUT2D eigenvalue weighted by Gasteiger charge is 2.54. The van der Waals surface area contributed by atoms with Crippen LogP contribution in [-0.4, -0.2) is 42.5 Å². The van der Waals surface area contributed by atoms with Gasteiger partial charge < -0.3 is 10.2 Å². The summed E-state index contributed by atoms with van der Waals surface area (Å²) in [6, 6.07) is 4.36. The Bertz CT molecular complexity index is 707. The maximum atomic E-state index is 13.3. The molecule has 134 valence electrons. The summed E-state index contributed by atoms with van der Waals surface area (Å²) in [6.45, 7) is 5.39. The molecule has 1 unspecified atom stereocenters. The molecule has 1 atom stereocenters. The van der Waals surface area contributed by atoms with Crippen molar-refractivity contribution >= 4 is 11.7 Å². The molecule has 5 nitrogen and oxygen atoms in total. The minimum absolute atomic E-state index is 0.0404. The molecule has 1 aromatic carbocycles. The summed E-state index contributed by atoms with van der Waals surface area (Å²) in [5.41, 5.74) is 3.69. The monoisotopic (exact) mass is 342 g/mol. The Hall–Kier alpha value is -1.72. The number of Topliss-reactive ketones (excluding diaryl/α,β-unsaturated/α-hetero) is 1. The Morgan fingerprint density at radius 3 is 2.24 bits per heavy atom. The maximum Gasteiger partial charge on any atom is 0.235 e. The molecule has 1 aliphatic carbocycles. The lowest BCUT2D eigenvalue weighted by Crippen LogP contribution is -2.54. The minimum atomic E-state index is -0.717. The zero-order chi connectivity index (χ0) is 17.8. The molecule has 5 heteroatoms. The van der Waals surface area contributed by atoms with E-state index in [-0.39, 0.29) is 11.7 Å². The van der Waals surface area contributed by atoms with Gasteiger partial charge in [0, 0.05) is 13.1 Å². The van der Waals surface area contributed by atoms with Crippen LogP contribution in [0.4, 0.5) is 0 Å². The third-order valence-electron chi connectivity index (χ3n) is 6.15. The Morgan fingerprint density at radius 1 is 1.12 bits per heavy atom. The van der Waals surface area contributed by atoms with Gasteiger partial charge in [-0.2, -0.15) is 5.06 Å². The van der Waals surface area contributed by atoms with E-state index >= 15 is 0 Å². The van der Waals surface area contributed by atoms with Crippen molar-refractivity contribution in [2.45, 2.75) is 56.9 Å². The number of rotatable bonds is 3. The second kappa shape index (κ2) is 5.92. The van der Waals surface area contributed by atoms with Crippen LogP contribution in [0, 0.1) is 13.8 Å². The van der Waals surface area contributed by atoms with Crippen molar-refractivity contribution in [3.8, 4) is 0 Å². The van der Waals surface area contributed by atoms with Crippen molar-refractivity contribution in [1.82, 2.24) is 10.4 Å². The van der Waals surface area contributed by atoms with Crippen LogP contribution in [-0.2, 0) is 14.4 Å². The third-order valence-corrected chi connectivity index (χ3v) is 6.15. The number of nitrogens with zero attached hydrogens (tertiary/aromatic N) is 1. The van der Waals surface area contributed by atoms with Crippen LogP contribution in [0.5, 0.6) is 0 Å². The van der Waals surface area contributed by atoms with Crippen LogP contribution < -0.4 is 5.32 Å². The fraction of sp³-hybridized carbons (Fsp3) is 0.600. The zero-order valence-corrected chi connectivity index (χ0v) is 15.2. The molecule has 1 spiro atoms. The van der Waals surface area contributed by atoms with Gasteiger partial charge in [0.05, 0.1) is 7.11 Å². The van der Waals surface area contributed by atoms with Crippen LogP contribution in [0.1, 0.15) is 59.8 Å². The van der Waals surface area contributed by atoms with E-state index < -0.39 is 11.5 Å². The number of piperidine rings is 1. The summed E-state index contributed by atoms with van der Waals surface area (Å²) in [7, 11) is 1.64. The van der Waals surface area contributed by atoms with Gasteiger partial charge in [0.15, 0.2) is 5.78 Å². The van der Waals surface area contributed by atoms with Crippen molar-refractivity contribution in [2.75, 3.05) is 20.2 Å². The molecular formula is C20H26N2O3. The van der Waals surface area contributed by atoms with Crippen molar-refractivity contribution in [3.05, 3.63) is 34.4 Å². The van der Waals surface area contributed by atoms with Gasteiger partial charge in [0.2, 0.25) is 5.91 Å². The molecule has 1 N–H and O–H groups in total. The standard InChI is InChI=1S/C20H26N2O3/c1-12-10-15(14-4-5-14)11-13(2)16(12)17-18(23)20(21-19(17)24)6-8-22(25-3)9-7-20/h10-11,14,17H,4-9H2,1-3H3,(H,21,24). The Balaban J connectivity index is 1.65. The summed E-state index contributed by atoms with van der Waals surface area (Å²) in [4.78, 5) is 31.3. The van der Waals surface area contributed by atoms with Crippen LogP contribution in [0.15, 0.2) is 12.1 Å².